The van der Waals surface area contributed by atoms with Crippen molar-refractivity contribution in [2.75, 3.05) is 19.7 Å². The van der Waals surface area contributed by atoms with Crippen LogP contribution < -0.4 is 11.2 Å². The van der Waals surface area contributed by atoms with Crippen LogP contribution in [-0.2, 0) is 41.5 Å². The average molecular weight is 574 g/mol. The number of amides is 1. The third kappa shape index (κ3) is 5.86. The van der Waals surface area contributed by atoms with Crippen LogP contribution in [0.25, 0.3) is 22.6 Å². The zero-order chi connectivity index (χ0) is 29.8. The highest BCUT2D eigenvalue weighted by Crippen LogP contribution is 2.30. The van der Waals surface area contributed by atoms with Crippen molar-refractivity contribution in [3.05, 3.63) is 86.6 Å². The maximum atomic E-state index is 13.2. The molecule has 0 radical (unpaired) electrons. The van der Waals surface area contributed by atoms with Gasteiger partial charge in [0.1, 0.15) is 18.1 Å². The summed E-state index contributed by atoms with van der Waals surface area (Å²) in [7, 11) is 3.36. The van der Waals surface area contributed by atoms with Gasteiger partial charge in [0.25, 0.3) is 5.56 Å². The number of carbonyl (C=O) groups is 2. The lowest BCUT2D eigenvalue weighted by atomic mass is 9.89. The lowest BCUT2D eigenvalue weighted by Gasteiger charge is -2.31. The largest absolute Gasteiger partial charge is 0.466 e. The van der Waals surface area contributed by atoms with Gasteiger partial charge in [-0.2, -0.15) is 0 Å². The van der Waals surface area contributed by atoms with Crippen molar-refractivity contribution in [2.45, 2.75) is 45.3 Å². The van der Waals surface area contributed by atoms with Crippen LogP contribution in [0, 0.1) is 0 Å². The normalized spacial score (nSPS) is 13.8. The van der Waals surface area contributed by atoms with Crippen molar-refractivity contribution in [2.24, 2.45) is 14.1 Å². The molecule has 1 fully saturated rings. The van der Waals surface area contributed by atoms with E-state index in [9.17, 15) is 19.2 Å². The lowest BCUT2D eigenvalue weighted by molar-refractivity contribution is -0.143. The van der Waals surface area contributed by atoms with E-state index >= 15 is 0 Å². The fourth-order valence-electron chi connectivity index (χ4n) is 5.51. The van der Waals surface area contributed by atoms with Gasteiger partial charge in [-0.1, -0.05) is 54.6 Å². The Morgan fingerprint density at radius 2 is 1.62 bits per heavy atom. The molecule has 5 rings (SSSR count). The SMILES string of the molecule is CCOC(=O)CCn1c(=O)c2nc(-c3ccc(C4CCN(C(=O)OCc5ccccc5)CC4)cc3)n(C)c2n(C)c1=O. The van der Waals surface area contributed by atoms with Crippen LogP contribution in [0.3, 0.4) is 0 Å². The second-order valence-electron chi connectivity index (χ2n) is 10.4. The zero-order valence-electron chi connectivity index (χ0n) is 24.1. The second kappa shape index (κ2) is 12.5. The van der Waals surface area contributed by atoms with Gasteiger partial charge in [0.05, 0.1) is 13.0 Å². The summed E-state index contributed by atoms with van der Waals surface area (Å²) in [6, 6.07) is 17.7. The number of rotatable bonds is 8. The summed E-state index contributed by atoms with van der Waals surface area (Å²) in [5.41, 5.74) is 2.45. The van der Waals surface area contributed by atoms with Gasteiger partial charge < -0.3 is 18.9 Å². The topological polar surface area (TPSA) is 118 Å². The fraction of sp³-hybridized carbons (Fsp3) is 0.387. The molecule has 2 aromatic heterocycles. The molecule has 0 unspecified atom stereocenters. The van der Waals surface area contributed by atoms with E-state index in [4.69, 9.17) is 9.47 Å². The minimum atomic E-state index is -0.537. The number of likely N-dealkylation sites (tertiary alicyclic amines) is 1. The van der Waals surface area contributed by atoms with Gasteiger partial charge in [0, 0.05) is 39.3 Å². The van der Waals surface area contributed by atoms with Crippen LogP contribution in [-0.4, -0.2) is 55.3 Å². The predicted molar refractivity (Wildman–Crippen MR) is 157 cm³/mol. The molecular formula is C31H35N5O6. The first-order valence-electron chi connectivity index (χ1n) is 14.2. The molecule has 1 saturated heterocycles. The predicted octanol–water partition coefficient (Wildman–Crippen LogP) is 3.57. The van der Waals surface area contributed by atoms with Gasteiger partial charge in [-0.05, 0) is 36.8 Å². The lowest BCUT2D eigenvalue weighted by Crippen LogP contribution is -2.40. The molecule has 4 aromatic rings. The molecule has 11 heteroatoms. The number of benzene rings is 2. The number of aromatic nitrogens is 4. The highest BCUT2D eigenvalue weighted by molar-refractivity contribution is 5.77. The maximum Gasteiger partial charge on any atom is 0.410 e. The van der Waals surface area contributed by atoms with Crippen LogP contribution in [0.4, 0.5) is 4.79 Å². The number of hydrogen-bond donors (Lipinski definition) is 0. The van der Waals surface area contributed by atoms with Crippen molar-refractivity contribution < 1.29 is 19.1 Å². The van der Waals surface area contributed by atoms with E-state index in [0.717, 1.165) is 28.5 Å². The standard InChI is InChI=1S/C31H35N5O6/c1-4-41-25(37)16-19-36-29(38)26-28(34(3)30(36)39)33(2)27(32-26)24-12-10-22(11-13-24)23-14-17-35(18-15-23)31(40)42-20-21-8-6-5-7-9-21/h5-13,23H,4,14-20H2,1-3H3. The molecule has 0 atom stereocenters. The number of hydrogen-bond acceptors (Lipinski definition) is 7. The molecule has 0 saturated carbocycles. The monoisotopic (exact) mass is 573 g/mol. The Labute approximate surface area is 242 Å². The summed E-state index contributed by atoms with van der Waals surface area (Å²) in [6.07, 6.45) is 1.30. The summed E-state index contributed by atoms with van der Waals surface area (Å²) < 4.78 is 14.6. The molecular weight excluding hydrogens is 538 g/mol. The fourth-order valence-corrected chi connectivity index (χ4v) is 5.51. The van der Waals surface area contributed by atoms with E-state index in [0.29, 0.717) is 30.5 Å². The van der Waals surface area contributed by atoms with Crippen molar-refractivity contribution in [3.8, 4) is 11.4 Å². The van der Waals surface area contributed by atoms with E-state index in [1.54, 1.807) is 30.5 Å². The summed E-state index contributed by atoms with van der Waals surface area (Å²) in [6.45, 7) is 3.37. The number of carbonyl (C=O) groups excluding carboxylic acids is 2. The van der Waals surface area contributed by atoms with Crippen LogP contribution in [0.1, 0.15) is 43.2 Å². The Balaban J connectivity index is 1.27. The number of fused-ring (bicyclic) bond motifs is 1. The van der Waals surface area contributed by atoms with Crippen molar-refractivity contribution >= 4 is 23.2 Å². The van der Waals surface area contributed by atoms with Crippen LogP contribution in [0.5, 0.6) is 0 Å². The third-order valence-electron chi connectivity index (χ3n) is 7.79. The number of aryl methyl sites for hydroxylation is 2. The molecule has 1 aliphatic rings. The molecule has 1 aliphatic heterocycles. The number of imidazole rings is 1. The molecule has 3 heterocycles. The molecule has 1 amide bonds. The smallest absolute Gasteiger partial charge is 0.410 e. The van der Waals surface area contributed by atoms with Crippen LogP contribution in [0.2, 0.25) is 0 Å². The number of ether oxygens (including phenoxy) is 2. The highest BCUT2D eigenvalue weighted by Gasteiger charge is 2.25. The third-order valence-corrected chi connectivity index (χ3v) is 7.79. The molecule has 0 bridgehead atoms. The zero-order valence-corrected chi connectivity index (χ0v) is 24.1. The van der Waals surface area contributed by atoms with Crippen molar-refractivity contribution in [1.29, 1.82) is 0 Å². The van der Waals surface area contributed by atoms with Crippen LogP contribution >= 0.6 is 0 Å². The first-order chi connectivity index (χ1) is 20.3. The number of esters is 1. The van der Waals surface area contributed by atoms with Gasteiger partial charge >= 0.3 is 17.8 Å². The Hall–Kier alpha value is -4.67. The van der Waals surface area contributed by atoms with E-state index in [1.807, 2.05) is 42.5 Å². The molecule has 42 heavy (non-hydrogen) atoms. The first kappa shape index (κ1) is 28.8. The van der Waals surface area contributed by atoms with Crippen molar-refractivity contribution in [3.63, 3.8) is 0 Å². The first-order valence-corrected chi connectivity index (χ1v) is 14.2. The van der Waals surface area contributed by atoms with E-state index < -0.39 is 17.2 Å². The Morgan fingerprint density at radius 3 is 2.29 bits per heavy atom. The number of nitrogens with zero attached hydrogens (tertiary/aromatic N) is 5. The molecule has 220 valence electrons. The molecule has 2 aromatic carbocycles. The Kier molecular flexibility index (Phi) is 8.56. The van der Waals surface area contributed by atoms with Gasteiger partial charge in [-0.15, -0.1) is 0 Å². The average Bonchev–Trinajstić information content (AvgIpc) is 3.36. The highest BCUT2D eigenvalue weighted by atomic mass is 16.6. The summed E-state index contributed by atoms with van der Waals surface area (Å²) in [4.78, 5) is 56.9. The summed E-state index contributed by atoms with van der Waals surface area (Å²) >= 11 is 0. The summed E-state index contributed by atoms with van der Waals surface area (Å²) in [5, 5.41) is 0. The van der Waals surface area contributed by atoms with Gasteiger partial charge in [-0.3, -0.25) is 18.7 Å². The second-order valence-corrected chi connectivity index (χ2v) is 10.4. The van der Waals surface area contributed by atoms with E-state index in [1.165, 1.54) is 10.1 Å². The number of piperidine rings is 1. The molecule has 0 N–H and O–H groups in total. The minimum Gasteiger partial charge on any atom is -0.466 e. The van der Waals surface area contributed by atoms with E-state index in [-0.39, 0.29) is 37.8 Å². The molecule has 0 spiro atoms. The van der Waals surface area contributed by atoms with Crippen molar-refractivity contribution in [1.82, 2.24) is 23.6 Å². The molecule has 0 aliphatic carbocycles. The molecule has 11 nitrogen and oxygen atoms in total. The van der Waals surface area contributed by atoms with E-state index in [2.05, 4.69) is 17.1 Å². The van der Waals surface area contributed by atoms with Gasteiger partial charge in [0.15, 0.2) is 5.52 Å². The summed E-state index contributed by atoms with van der Waals surface area (Å²) in [5.74, 6) is 0.398. The maximum absolute atomic E-state index is 13.2. The van der Waals surface area contributed by atoms with Crippen LogP contribution in [0.15, 0.2) is 64.2 Å². The van der Waals surface area contributed by atoms with Gasteiger partial charge in [0.2, 0.25) is 0 Å². The quantitative estimate of drug-likeness (QED) is 0.296. The minimum absolute atomic E-state index is 0.0789. The van der Waals surface area contributed by atoms with Gasteiger partial charge in [-0.25, -0.2) is 14.6 Å². The Morgan fingerprint density at radius 1 is 0.929 bits per heavy atom. The Bertz CT molecular complexity index is 1700.